The molecule has 46 heavy (non-hydrogen) atoms. The van der Waals surface area contributed by atoms with E-state index in [9.17, 15) is 15.2 Å². The largest absolute Gasteiger partial charge is 0.477 e. The van der Waals surface area contributed by atoms with Crippen LogP contribution >= 0.6 is 11.3 Å². The Morgan fingerprint density at radius 1 is 0.826 bits per heavy atom. The van der Waals surface area contributed by atoms with E-state index >= 15 is 0 Å². The molecule has 0 saturated heterocycles. The van der Waals surface area contributed by atoms with Crippen LogP contribution < -0.4 is 4.90 Å². The molecule has 224 valence electrons. The lowest BCUT2D eigenvalue weighted by Crippen LogP contribution is -2.23. The van der Waals surface area contributed by atoms with Gasteiger partial charge >= 0.3 is 5.97 Å². The Balaban J connectivity index is 1.33. The molecule has 5 aromatic carbocycles. The van der Waals surface area contributed by atoms with Gasteiger partial charge in [-0.25, -0.2) is 9.78 Å². The number of fused-ring (bicyclic) bond motifs is 4. The summed E-state index contributed by atoms with van der Waals surface area (Å²) in [4.78, 5) is 19.0. The normalized spacial score (nSPS) is 13.2. The number of aromatic nitrogens is 1. The minimum Gasteiger partial charge on any atom is -0.477 e. The Morgan fingerprint density at radius 3 is 2.20 bits per heavy atom. The van der Waals surface area contributed by atoms with Crippen molar-refractivity contribution in [3.05, 3.63) is 137 Å². The van der Waals surface area contributed by atoms with E-state index < -0.39 is 5.97 Å². The van der Waals surface area contributed by atoms with Gasteiger partial charge in [0.25, 0.3) is 0 Å². The van der Waals surface area contributed by atoms with Crippen molar-refractivity contribution in [2.24, 2.45) is 0 Å². The molecular weight excluding hydrogens is 587 g/mol. The summed E-state index contributed by atoms with van der Waals surface area (Å²) in [7, 11) is 0. The van der Waals surface area contributed by atoms with E-state index in [1.807, 2.05) is 0 Å². The third-order valence-corrected chi connectivity index (χ3v) is 10.2. The third kappa shape index (κ3) is 4.86. The van der Waals surface area contributed by atoms with Crippen LogP contribution in [0.2, 0.25) is 0 Å². The Labute approximate surface area is 272 Å². The van der Waals surface area contributed by atoms with E-state index in [2.05, 4.69) is 133 Å². The Bertz CT molecular complexity index is 2190. The highest BCUT2D eigenvalue weighted by atomic mass is 32.1. The molecule has 0 amide bonds. The van der Waals surface area contributed by atoms with Crippen LogP contribution in [-0.2, 0) is 10.2 Å². The number of benzene rings is 5. The fraction of sp³-hybridized carbons (Fsp3) is 0.125. The summed E-state index contributed by atoms with van der Waals surface area (Å²) >= 11 is 1.39. The standard InChI is InChI=1S/C40H31N3O2S/c1-3-40(4-2)35-21-28(37-25-42-38(46-37)22-29(24-41)39(44)45)15-18-33(35)34-19-17-32(23-36(34)40)43(30-12-6-5-7-13-30)31-16-14-26-10-8-9-11-27(26)20-31/h5-23,25H,3-4H2,1-2H3,(H,44,45). The molecule has 0 unspecified atom stereocenters. The second-order valence-corrected chi connectivity index (χ2v) is 12.6. The van der Waals surface area contributed by atoms with Crippen molar-refractivity contribution in [3.8, 4) is 27.6 Å². The summed E-state index contributed by atoms with van der Waals surface area (Å²) in [5.74, 6) is -1.25. The molecule has 0 bridgehead atoms. The molecule has 1 aliphatic carbocycles. The average molecular weight is 618 g/mol. The minimum absolute atomic E-state index is 0.173. The lowest BCUT2D eigenvalue weighted by molar-refractivity contribution is -0.132. The molecule has 6 aromatic rings. The first-order valence-electron chi connectivity index (χ1n) is 15.4. The number of thiazole rings is 1. The van der Waals surface area contributed by atoms with Crippen molar-refractivity contribution in [2.75, 3.05) is 4.90 Å². The zero-order chi connectivity index (χ0) is 31.8. The molecule has 0 atom stereocenters. The van der Waals surface area contributed by atoms with Gasteiger partial charge < -0.3 is 10.0 Å². The van der Waals surface area contributed by atoms with E-state index in [0.717, 1.165) is 40.3 Å². The summed E-state index contributed by atoms with van der Waals surface area (Å²) in [6.07, 6.45) is 4.98. The number of hydrogen-bond acceptors (Lipinski definition) is 5. The number of hydrogen-bond donors (Lipinski definition) is 1. The smallest absolute Gasteiger partial charge is 0.346 e. The average Bonchev–Trinajstić information content (AvgIpc) is 3.68. The van der Waals surface area contributed by atoms with E-state index in [-0.39, 0.29) is 11.0 Å². The fourth-order valence-corrected chi connectivity index (χ4v) is 7.74. The van der Waals surface area contributed by atoms with Gasteiger partial charge in [-0.2, -0.15) is 5.26 Å². The topological polar surface area (TPSA) is 77.2 Å². The molecule has 1 N–H and O–H groups in total. The lowest BCUT2D eigenvalue weighted by atomic mass is 9.73. The Morgan fingerprint density at radius 2 is 1.48 bits per heavy atom. The summed E-state index contributed by atoms with van der Waals surface area (Å²) < 4.78 is 0. The van der Waals surface area contributed by atoms with Gasteiger partial charge in [0.1, 0.15) is 16.6 Å². The molecule has 1 aliphatic rings. The molecule has 1 heterocycles. The van der Waals surface area contributed by atoms with Gasteiger partial charge in [0.2, 0.25) is 0 Å². The van der Waals surface area contributed by atoms with Gasteiger partial charge in [-0.05, 0) is 100.0 Å². The SMILES string of the molecule is CCC1(CC)c2cc(-c3cnc(C=C(C#N)C(=O)O)s3)ccc2-c2ccc(N(c3ccccc3)c3ccc4ccccc4c3)cc21. The van der Waals surface area contributed by atoms with E-state index in [1.165, 1.54) is 50.4 Å². The van der Waals surface area contributed by atoms with Crippen molar-refractivity contribution in [1.29, 1.82) is 5.26 Å². The second kappa shape index (κ2) is 11.8. The van der Waals surface area contributed by atoms with Crippen molar-refractivity contribution in [3.63, 3.8) is 0 Å². The van der Waals surface area contributed by atoms with Crippen LogP contribution in [0.25, 0.3) is 38.4 Å². The van der Waals surface area contributed by atoms with Gasteiger partial charge in [0.15, 0.2) is 0 Å². The van der Waals surface area contributed by atoms with Gasteiger partial charge in [-0.3, -0.25) is 0 Å². The molecule has 0 spiro atoms. The van der Waals surface area contributed by atoms with E-state index in [4.69, 9.17) is 0 Å². The number of carboxylic acids is 1. The van der Waals surface area contributed by atoms with Crippen LogP contribution in [0.4, 0.5) is 17.1 Å². The number of nitrogens with zero attached hydrogens (tertiary/aromatic N) is 3. The van der Waals surface area contributed by atoms with Gasteiger partial charge in [0, 0.05) is 28.7 Å². The van der Waals surface area contributed by atoms with Crippen LogP contribution in [0, 0.1) is 11.3 Å². The first-order valence-corrected chi connectivity index (χ1v) is 16.2. The number of carbonyl (C=O) groups is 1. The molecule has 1 aromatic heterocycles. The quantitative estimate of drug-likeness (QED) is 0.136. The molecule has 0 radical (unpaired) electrons. The number of nitriles is 1. The number of aliphatic carboxylic acids is 1. The maximum absolute atomic E-state index is 11.3. The summed E-state index contributed by atoms with van der Waals surface area (Å²) in [5, 5.41) is 21.4. The number of rotatable bonds is 8. The molecule has 6 heteroatoms. The van der Waals surface area contributed by atoms with Gasteiger partial charge in [0.05, 0.1) is 4.88 Å². The molecule has 5 nitrogen and oxygen atoms in total. The first kappa shape index (κ1) is 29.2. The van der Waals surface area contributed by atoms with Crippen molar-refractivity contribution < 1.29 is 9.90 Å². The number of para-hydroxylation sites is 1. The highest BCUT2D eigenvalue weighted by Crippen LogP contribution is 2.55. The van der Waals surface area contributed by atoms with Crippen LogP contribution in [0.3, 0.4) is 0 Å². The van der Waals surface area contributed by atoms with Gasteiger partial charge in [-0.1, -0.05) is 80.6 Å². The molecule has 7 rings (SSSR count). The second-order valence-electron chi connectivity index (χ2n) is 11.5. The van der Waals surface area contributed by atoms with Crippen molar-refractivity contribution in [2.45, 2.75) is 32.1 Å². The minimum atomic E-state index is -1.25. The van der Waals surface area contributed by atoms with Crippen molar-refractivity contribution in [1.82, 2.24) is 4.98 Å². The maximum atomic E-state index is 11.3. The highest BCUT2D eigenvalue weighted by molar-refractivity contribution is 7.16. The van der Waals surface area contributed by atoms with Crippen LogP contribution in [-0.4, -0.2) is 16.1 Å². The molecule has 0 aliphatic heterocycles. The highest BCUT2D eigenvalue weighted by Gasteiger charge is 2.41. The van der Waals surface area contributed by atoms with E-state index in [1.54, 1.807) is 12.3 Å². The molecule has 0 saturated carbocycles. The summed E-state index contributed by atoms with van der Waals surface area (Å²) in [5.41, 5.74) is 8.99. The third-order valence-electron chi connectivity index (χ3n) is 9.24. The Kier molecular flexibility index (Phi) is 7.48. The first-order chi connectivity index (χ1) is 22.5. The van der Waals surface area contributed by atoms with Crippen LogP contribution in [0.5, 0.6) is 0 Å². The molecular formula is C40H31N3O2S. The lowest BCUT2D eigenvalue weighted by Gasteiger charge is -2.32. The summed E-state index contributed by atoms with van der Waals surface area (Å²) in [6, 6.07) is 40.9. The van der Waals surface area contributed by atoms with Crippen LogP contribution in [0.1, 0.15) is 42.8 Å². The molecule has 0 fully saturated rings. The number of anilines is 3. The maximum Gasteiger partial charge on any atom is 0.346 e. The fourth-order valence-electron chi connectivity index (χ4n) is 6.88. The van der Waals surface area contributed by atoms with Crippen molar-refractivity contribution >= 4 is 51.2 Å². The Hall–Kier alpha value is -5.51. The monoisotopic (exact) mass is 617 g/mol. The predicted octanol–water partition coefficient (Wildman–Crippen LogP) is 10.5. The predicted molar refractivity (Wildman–Crippen MR) is 188 cm³/mol. The summed E-state index contributed by atoms with van der Waals surface area (Å²) in [6.45, 7) is 4.54. The zero-order valence-electron chi connectivity index (χ0n) is 25.6. The zero-order valence-corrected chi connectivity index (χ0v) is 26.4. The van der Waals surface area contributed by atoms with Gasteiger partial charge in [-0.15, -0.1) is 11.3 Å². The van der Waals surface area contributed by atoms with Crippen LogP contribution in [0.15, 0.2) is 121 Å². The van der Waals surface area contributed by atoms with E-state index in [0.29, 0.717) is 5.01 Å². The number of carboxylic acid groups (broad SMARTS) is 1.